The van der Waals surface area contributed by atoms with Gasteiger partial charge in [-0.25, -0.2) is 4.39 Å². The maximum atomic E-state index is 13.8. The summed E-state index contributed by atoms with van der Waals surface area (Å²) in [7, 11) is 1.68. The molecule has 2 aromatic rings. The van der Waals surface area contributed by atoms with Gasteiger partial charge in [-0.2, -0.15) is 0 Å². The van der Waals surface area contributed by atoms with Crippen molar-refractivity contribution in [1.82, 2.24) is 15.5 Å². The highest BCUT2D eigenvalue weighted by atomic mass is 35.5. The third kappa shape index (κ3) is 5.00. The number of nitrogens with zero attached hydrogens (tertiary/aromatic N) is 2. The van der Waals surface area contributed by atoms with Gasteiger partial charge in [0.15, 0.2) is 5.01 Å². The van der Waals surface area contributed by atoms with E-state index in [1.807, 2.05) is 0 Å². The predicted octanol–water partition coefficient (Wildman–Crippen LogP) is 3.17. The molecule has 1 N–H and O–H groups in total. The summed E-state index contributed by atoms with van der Waals surface area (Å²) in [6, 6.07) is 4.58. The summed E-state index contributed by atoms with van der Waals surface area (Å²) in [4.78, 5) is 0. The minimum atomic E-state index is -0.369. The van der Waals surface area contributed by atoms with Crippen LogP contribution in [0.4, 0.5) is 4.39 Å². The summed E-state index contributed by atoms with van der Waals surface area (Å²) < 4.78 is 18.8. The first-order chi connectivity index (χ1) is 10.2. The van der Waals surface area contributed by atoms with Crippen LogP contribution in [0.3, 0.4) is 0 Å². The Morgan fingerprint density at radius 1 is 1.33 bits per heavy atom. The second kappa shape index (κ2) is 8.38. The lowest BCUT2D eigenvalue weighted by Crippen LogP contribution is -2.20. The first-order valence-electron chi connectivity index (χ1n) is 6.68. The Morgan fingerprint density at radius 2 is 2.19 bits per heavy atom. The molecule has 0 aliphatic heterocycles. The molecule has 0 aliphatic carbocycles. The van der Waals surface area contributed by atoms with Gasteiger partial charge in [-0.05, 0) is 31.2 Å². The van der Waals surface area contributed by atoms with E-state index in [0.29, 0.717) is 22.2 Å². The van der Waals surface area contributed by atoms with Gasteiger partial charge < -0.3 is 10.1 Å². The molecule has 0 radical (unpaired) electrons. The number of methoxy groups -OCH3 is 1. The molecule has 1 aromatic heterocycles. The van der Waals surface area contributed by atoms with Crippen LogP contribution >= 0.6 is 22.9 Å². The van der Waals surface area contributed by atoms with Crippen LogP contribution in [-0.4, -0.2) is 37.0 Å². The van der Waals surface area contributed by atoms with Crippen molar-refractivity contribution in [3.05, 3.63) is 34.0 Å². The van der Waals surface area contributed by atoms with E-state index >= 15 is 0 Å². The number of aryl methyl sites for hydroxylation is 1. The number of aromatic nitrogens is 2. The molecule has 7 heteroatoms. The van der Waals surface area contributed by atoms with E-state index in [1.165, 1.54) is 17.4 Å². The normalized spacial score (nSPS) is 11.0. The molecule has 4 nitrogen and oxygen atoms in total. The van der Waals surface area contributed by atoms with Crippen LogP contribution in [0.25, 0.3) is 10.6 Å². The van der Waals surface area contributed by atoms with Crippen LogP contribution in [0, 0.1) is 5.82 Å². The third-order valence-corrected chi connectivity index (χ3v) is 4.11. The third-order valence-electron chi connectivity index (χ3n) is 2.86. The van der Waals surface area contributed by atoms with Gasteiger partial charge in [-0.3, -0.25) is 0 Å². The molecule has 2 rings (SSSR count). The van der Waals surface area contributed by atoms with Crippen LogP contribution in [0.1, 0.15) is 11.4 Å². The average Bonchev–Trinajstić information content (AvgIpc) is 2.91. The number of benzene rings is 1. The maximum absolute atomic E-state index is 13.8. The van der Waals surface area contributed by atoms with E-state index in [9.17, 15) is 4.39 Å². The van der Waals surface area contributed by atoms with Gasteiger partial charge in [0.1, 0.15) is 10.8 Å². The Balaban J connectivity index is 1.86. The van der Waals surface area contributed by atoms with Crippen molar-refractivity contribution in [1.29, 1.82) is 0 Å². The lowest BCUT2D eigenvalue weighted by Gasteiger charge is -2.01. The maximum Gasteiger partial charge on any atom is 0.150 e. The standard InChI is InChI=1S/C14H17ClFN3OS/c1-20-8-7-17-6-2-3-13-18-19-14(21-13)11-5-4-10(15)9-12(11)16/h4-5,9,17H,2-3,6-8H2,1H3. The van der Waals surface area contributed by atoms with Crippen molar-refractivity contribution in [2.45, 2.75) is 12.8 Å². The van der Waals surface area contributed by atoms with Crippen molar-refractivity contribution >= 4 is 22.9 Å². The number of hydrogen-bond acceptors (Lipinski definition) is 5. The molecule has 1 aromatic carbocycles. The first kappa shape index (κ1) is 16.3. The fraction of sp³-hybridized carbons (Fsp3) is 0.429. The van der Waals surface area contributed by atoms with E-state index < -0.39 is 0 Å². The van der Waals surface area contributed by atoms with Crippen molar-refractivity contribution in [2.24, 2.45) is 0 Å². The summed E-state index contributed by atoms with van der Waals surface area (Å²) in [5.41, 5.74) is 0.446. The van der Waals surface area contributed by atoms with E-state index in [2.05, 4.69) is 15.5 Å². The van der Waals surface area contributed by atoms with E-state index in [1.54, 1.807) is 19.2 Å². The van der Waals surface area contributed by atoms with Gasteiger partial charge >= 0.3 is 0 Å². The van der Waals surface area contributed by atoms with Gasteiger partial charge in [-0.1, -0.05) is 22.9 Å². The molecule has 0 bridgehead atoms. The summed E-state index contributed by atoms with van der Waals surface area (Å²) in [5, 5.41) is 13.3. The Kier molecular flexibility index (Phi) is 6.50. The van der Waals surface area contributed by atoms with Crippen LogP contribution in [-0.2, 0) is 11.2 Å². The molecule has 0 amide bonds. The highest BCUT2D eigenvalue weighted by molar-refractivity contribution is 7.14. The van der Waals surface area contributed by atoms with Gasteiger partial charge in [0.2, 0.25) is 0 Å². The zero-order valence-electron chi connectivity index (χ0n) is 11.7. The topological polar surface area (TPSA) is 47.0 Å². The number of halogens is 2. The molecular formula is C14H17ClFN3OS. The number of ether oxygens (including phenoxy) is 1. The van der Waals surface area contributed by atoms with Crippen LogP contribution < -0.4 is 5.32 Å². The molecule has 0 saturated carbocycles. The Hall–Kier alpha value is -1.08. The summed E-state index contributed by atoms with van der Waals surface area (Å²) in [6.07, 6.45) is 1.79. The fourth-order valence-electron chi connectivity index (χ4n) is 1.79. The Bertz CT molecular complexity index is 579. The van der Waals surface area contributed by atoms with E-state index in [4.69, 9.17) is 16.3 Å². The number of rotatable bonds is 8. The van der Waals surface area contributed by atoms with Crippen LogP contribution in [0.15, 0.2) is 18.2 Å². The molecule has 1 heterocycles. The number of nitrogens with one attached hydrogen (secondary N) is 1. The lowest BCUT2D eigenvalue weighted by atomic mass is 10.2. The molecular weight excluding hydrogens is 313 g/mol. The van der Waals surface area contributed by atoms with Crippen molar-refractivity contribution in [3.63, 3.8) is 0 Å². The van der Waals surface area contributed by atoms with Crippen LogP contribution in [0.2, 0.25) is 5.02 Å². The molecule has 0 fully saturated rings. The smallest absolute Gasteiger partial charge is 0.150 e. The highest BCUT2D eigenvalue weighted by Gasteiger charge is 2.11. The summed E-state index contributed by atoms with van der Waals surface area (Å²) in [6.45, 7) is 2.44. The van der Waals surface area contributed by atoms with E-state index in [0.717, 1.165) is 30.9 Å². The van der Waals surface area contributed by atoms with Crippen molar-refractivity contribution in [2.75, 3.05) is 26.8 Å². The fourth-order valence-corrected chi connectivity index (χ4v) is 2.86. The van der Waals surface area contributed by atoms with Crippen molar-refractivity contribution < 1.29 is 9.13 Å². The lowest BCUT2D eigenvalue weighted by molar-refractivity contribution is 0.199. The molecule has 21 heavy (non-hydrogen) atoms. The first-order valence-corrected chi connectivity index (χ1v) is 7.87. The second-order valence-corrected chi connectivity index (χ2v) is 5.97. The quantitative estimate of drug-likeness (QED) is 0.756. The predicted molar refractivity (Wildman–Crippen MR) is 83.4 cm³/mol. The molecule has 0 saturated heterocycles. The zero-order chi connectivity index (χ0) is 15.1. The average molecular weight is 330 g/mol. The van der Waals surface area contributed by atoms with Gasteiger partial charge in [0.25, 0.3) is 0 Å². The monoisotopic (exact) mass is 329 g/mol. The van der Waals surface area contributed by atoms with E-state index in [-0.39, 0.29) is 5.82 Å². The molecule has 0 atom stereocenters. The highest BCUT2D eigenvalue weighted by Crippen LogP contribution is 2.28. The molecule has 0 unspecified atom stereocenters. The van der Waals surface area contributed by atoms with Gasteiger partial charge in [0.05, 0.1) is 6.61 Å². The second-order valence-electron chi connectivity index (χ2n) is 4.47. The molecule has 0 spiro atoms. The van der Waals surface area contributed by atoms with Gasteiger partial charge in [-0.15, -0.1) is 10.2 Å². The molecule has 0 aliphatic rings. The number of hydrogen-bond donors (Lipinski definition) is 1. The Morgan fingerprint density at radius 3 is 2.95 bits per heavy atom. The zero-order valence-corrected chi connectivity index (χ0v) is 13.3. The van der Waals surface area contributed by atoms with Crippen molar-refractivity contribution in [3.8, 4) is 10.6 Å². The molecule has 114 valence electrons. The minimum absolute atomic E-state index is 0.369. The van der Waals surface area contributed by atoms with Gasteiger partial charge in [0, 0.05) is 30.7 Å². The summed E-state index contributed by atoms with van der Waals surface area (Å²) in [5.74, 6) is -0.369. The van der Waals surface area contributed by atoms with Crippen LogP contribution in [0.5, 0.6) is 0 Å². The summed E-state index contributed by atoms with van der Waals surface area (Å²) >= 11 is 7.16. The minimum Gasteiger partial charge on any atom is -0.383 e. The largest absolute Gasteiger partial charge is 0.383 e. The Labute approximate surface area is 132 Å². The SMILES string of the molecule is COCCNCCCc1nnc(-c2ccc(Cl)cc2F)s1.